The van der Waals surface area contributed by atoms with Crippen LogP contribution in [0.4, 0.5) is 15.3 Å². The van der Waals surface area contributed by atoms with Crippen LogP contribution in [0.2, 0.25) is 5.02 Å². The minimum Gasteiger partial charge on any atom is -0.444 e. The molecule has 0 aliphatic heterocycles. The van der Waals surface area contributed by atoms with Crippen molar-refractivity contribution in [1.29, 1.82) is 0 Å². The molecule has 1 heterocycles. The zero-order valence-electron chi connectivity index (χ0n) is 27.7. The number of fused-ring (bicyclic) bond motifs is 1. The Morgan fingerprint density at radius 2 is 1.32 bits per heavy atom. The van der Waals surface area contributed by atoms with E-state index in [1.807, 2.05) is 72.0 Å². The van der Waals surface area contributed by atoms with Crippen LogP contribution in [0.3, 0.4) is 0 Å². The lowest BCUT2D eigenvalue weighted by Crippen LogP contribution is -2.35. The first-order chi connectivity index (χ1) is 20.8. The lowest BCUT2D eigenvalue weighted by Gasteiger charge is -2.23. The summed E-state index contributed by atoms with van der Waals surface area (Å²) in [6, 6.07) is 7.80. The lowest BCUT2D eigenvalue weighted by molar-refractivity contribution is 0.0514. The number of pyridine rings is 1. The molecule has 44 heavy (non-hydrogen) atoms. The van der Waals surface area contributed by atoms with Crippen LogP contribution in [-0.4, -0.2) is 85.6 Å². The highest BCUT2D eigenvalue weighted by molar-refractivity contribution is 6.31. The Morgan fingerprint density at radius 3 is 1.95 bits per heavy atom. The van der Waals surface area contributed by atoms with Gasteiger partial charge in [-0.05, 0) is 137 Å². The molecule has 0 radical (unpaired) electrons. The van der Waals surface area contributed by atoms with E-state index in [0.29, 0.717) is 18.1 Å². The molecule has 2 amide bonds. The van der Waals surface area contributed by atoms with Gasteiger partial charge in [-0.3, -0.25) is 4.98 Å². The Bertz CT molecular complexity index is 1140. The highest BCUT2D eigenvalue weighted by atomic mass is 35.5. The second-order valence-corrected chi connectivity index (χ2v) is 13.5. The van der Waals surface area contributed by atoms with Gasteiger partial charge in [0.15, 0.2) is 0 Å². The summed E-state index contributed by atoms with van der Waals surface area (Å²) < 4.78 is 10.6. The first kappa shape index (κ1) is 37.4. The number of rotatable bonds is 19. The number of nitrogens with one attached hydrogen (secondary N) is 4. The third-order valence-corrected chi connectivity index (χ3v) is 6.75. The van der Waals surface area contributed by atoms with Gasteiger partial charge in [-0.1, -0.05) is 11.6 Å². The molecule has 2 aromatic rings. The Morgan fingerprint density at radius 1 is 0.750 bits per heavy atom. The van der Waals surface area contributed by atoms with Crippen molar-refractivity contribution in [3.05, 3.63) is 35.5 Å². The minimum absolute atomic E-state index is 0.367. The normalized spacial score (nSPS) is 11.9. The number of aromatic nitrogens is 1. The molecule has 0 aliphatic rings. The molecular formula is C33H55ClN6O4. The molecule has 1 aromatic heterocycles. The molecule has 0 bridgehead atoms. The van der Waals surface area contributed by atoms with Crippen molar-refractivity contribution < 1.29 is 19.1 Å². The van der Waals surface area contributed by atoms with E-state index in [1.54, 1.807) is 0 Å². The molecule has 0 saturated heterocycles. The van der Waals surface area contributed by atoms with Gasteiger partial charge >= 0.3 is 12.2 Å². The van der Waals surface area contributed by atoms with E-state index in [-0.39, 0.29) is 12.2 Å². The third-order valence-electron chi connectivity index (χ3n) is 6.52. The number of nitrogens with zero attached hydrogens (tertiary/aromatic N) is 2. The van der Waals surface area contributed by atoms with Gasteiger partial charge in [0.2, 0.25) is 0 Å². The smallest absolute Gasteiger partial charge is 0.407 e. The molecule has 248 valence electrons. The van der Waals surface area contributed by atoms with Gasteiger partial charge in [0.1, 0.15) is 11.2 Å². The van der Waals surface area contributed by atoms with Crippen LogP contribution in [0.25, 0.3) is 10.9 Å². The van der Waals surface area contributed by atoms with Crippen LogP contribution in [0.1, 0.15) is 80.1 Å². The highest BCUT2D eigenvalue weighted by Crippen LogP contribution is 2.24. The SMILES string of the molecule is CC(C)(C)OC(=O)NCCCNCCCCN(CCCCNc1ccnc2cc(Cl)ccc12)CCCNC(=O)OC(C)(C)C. The number of unbranched alkanes of at least 4 members (excludes halogenated alkanes) is 2. The second-order valence-electron chi connectivity index (χ2n) is 13.0. The molecule has 0 fully saturated rings. The van der Waals surface area contributed by atoms with Crippen LogP contribution >= 0.6 is 11.6 Å². The number of carbonyl (C=O) groups is 2. The van der Waals surface area contributed by atoms with Crippen LogP contribution in [-0.2, 0) is 9.47 Å². The molecule has 0 unspecified atom stereocenters. The van der Waals surface area contributed by atoms with Gasteiger partial charge in [-0.15, -0.1) is 0 Å². The zero-order valence-corrected chi connectivity index (χ0v) is 28.4. The molecule has 10 nitrogen and oxygen atoms in total. The molecule has 1 aromatic carbocycles. The number of amides is 2. The predicted molar refractivity (Wildman–Crippen MR) is 181 cm³/mol. The number of alkyl carbamates (subject to hydrolysis) is 2. The van der Waals surface area contributed by atoms with E-state index in [9.17, 15) is 9.59 Å². The van der Waals surface area contributed by atoms with Crippen LogP contribution < -0.4 is 21.3 Å². The largest absolute Gasteiger partial charge is 0.444 e. The fourth-order valence-electron chi connectivity index (χ4n) is 4.53. The summed E-state index contributed by atoms with van der Waals surface area (Å²) in [5, 5.41) is 14.4. The van der Waals surface area contributed by atoms with Gasteiger partial charge in [0, 0.05) is 41.9 Å². The summed E-state index contributed by atoms with van der Waals surface area (Å²) in [7, 11) is 0. The van der Waals surface area contributed by atoms with E-state index in [0.717, 1.165) is 94.4 Å². The number of ether oxygens (including phenoxy) is 2. The summed E-state index contributed by atoms with van der Waals surface area (Å²) in [6.45, 7) is 18.0. The van der Waals surface area contributed by atoms with Gasteiger partial charge < -0.3 is 35.6 Å². The third kappa shape index (κ3) is 17.5. The van der Waals surface area contributed by atoms with E-state index >= 15 is 0 Å². The first-order valence-corrected chi connectivity index (χ1v) is 16.3. The van der Waals surface area contributed by atoms with Crippen molar-refractivity contribution in [3.8, 4) is 0 Å². The number of hydrogen-bond acceptors (Lipinski definition) is 8. The zero-order chi connectivity index (χ0) is 32.4. The number of benzene rings is 1. The number of hydrogen-bond donors (Lipinski definition) is 4. The molecule has 2 rings (SSSR count). The van der Waals surface area contributed by atoms with Gasteiger partial charge in [-0.25, -0.2) is 9.59 Å². The number of halogens is 1. The molecular weight excluding hydrogens is 580 g/mol. The summed E-state index contributed by atoms with van der Waals surface area (Å²) in [5.74, 6) is 0. The standard InChI is InChI=1S/C33H55ClN6O4/c1-32(2,3)43-30(41)38-19-11-17-35-16-7-9-22-40(24-12-20-39-31(42)44-33(4,5)6)23-10-8-18-36-28-15-21-37-29-25-26(34)13-14-27(28)29/h13-15,21,25,35H,7-12,16-20,22-24H2,1-6H3,(H,36,37)(H,38,41)(H,39,42). The molecule has 4 N–H and O–H groups in total. The summed E-state index contributed by atoms with van der Waals surface area (Å²) >= 11 is 6.13. The Hall–Kier alpha value is -2.82. The van der Waals surface area contributed by atoms with Crippen molar-refractivity contribution in [2.75, 3.05) is 57.7 Å². The lowest BCUT2D eigenvalue weighted by atomic mass is 10.2. The van der Waals surface area contributed by atoms with E-state index in [2.05, 4.69) is 31.2 Å². The molecule has 0 aliphatic carbocycles. The van der Waals surface area contributed by atoms with Crippen LogP contribution in [0, 0.1) is 0 Å². The number of anilines is 1. The predicted octanol–water partition coefficient (Wildman–Crippen LogP) is 6.58. The Balaban J connectivity index is 1.68. The summed E-state index contributed by atoms with van der Waals surface area (Å²) in [4.78, 5) is 30.6. The van der Waals surface area contributed by atoms with Gasteiger partial charge in [-0.2, -0.15) is 0 Å². The van der Waals surface area contributed by atoms with Crippen LogP contribution in [0.5, 0.6) is 0 Å². The fourth-order valence-corrected chi connectivity index (χ4v) is 4.70. The maximum atomic E-state index is 12.0. The topological polar surface area (TPSA) is 117 Å². The van der Waals surface area contributed by atoms with Crippen molar-refractivity contribution in [3.63, 3.8) is 0 Å². The average Bonchev–Trinajstić information content (AvgIpc) is 2.91. The monoisotopic (exact) mass is 634 g/mol. The van der Waals surface area contributed by atoms with Gasteiger partial charge in [0.05, 0.1) is 5.52 Å². The summed E-state index contributed by atoms with van der Waals surface area (Å²) in [5.41, 5.74) is 0.986. The molecule has 0 saturated carbocycles. The van der Waals surface area contributed by atoms with E-state index in [4.69, 9.17) is 21.1 Å². The maximum absolute atomic E-state index is 12.0. The number of carbonyl (C=O) groups excluding carboxylic acids is 2. The second kappa shape index (κ2) is 19.5. The van der Waals surface area contributed by atoms with Crippen molar-refractivity contribution >= 4 is 40.4 Å². The summed E-state index contributed by atoms with van der Waals surface area (Å²) in [6.07, 6.45) is 7.08. The Labute approximate surface area is 269 Å². The maximum Gasteiger partial charge on any atom is 0.407 e. The van der Waals surface area contributed by atoms with Crippen molar-refractivity contribution in [2.24, 2.45) is 0 Å². The van der Waals surface area contributed by atoms with Gasteiger partial charge in [0.25, 0.3) is 0 Å². The fraction of sp³-hybridized carbons (Fsp3) is 0.667. The molecule has 11 heteroatoms. The molecule has 0 spiro atoms. The van der Waals surface area contributed by atoms with Crippen LogP contribution in [0.15, 0.2) is 30.5 Å². The molecule has 0 atom stereocenters. The Kier molecular flexibility index (Phi) is 16.6. The minimum atomic E-state index is -0.498. The van der Waals surface area contributed by atoms with Crippen molar-refractivity contribution in [2.45, 2.75) is 91.3 Å². The van der Waals surface area contributed by atoms with Crippen molar-refractivity contribution in [1.82, 2.24) is 25.8 Å². The van der Waals surface area contributed by atoms with E-state index < -0.39 is 11.2 Å². The average molecular weight is 635 g/mol. The quantitative estimate of drug-likeness (QED) is 0.128. The highest BCUT2D eigenvalue weighted by Gasteiger charge is 2.16. The first-order valence-electron chi connectivity index (χ1n) is 16.0. The van der Waals surface area contributed by atoms with E-state index in [1.165, 1.54) is 0 Å².